The Bertz CT molecular complexity index is 1010. The van der Waals surface area contributed by atoms with Gasteiger partial charge in [-0.3, -0.25) is 19.3 Å². The second kappa shape index (κ2) is 5.81. The minimum absolute atomic E-state index is 0.166. The van der Waals surface area contributed by atoms with Gasteiger partial charge in [0.25, 0.3) is 11.5 Å². The summed E-state index contributed by atoms with van der Waals surface area (Å²) in [6, 6.07) is 6.57. The van der Waals surface area contributed by atoms with Gasteiger partial charge in [0.05, 0.1) is 10.9 Å². The monoisotopic (exact) mass is 329 g/mol. The Hall–Kier alpha value is -2.74. The van der Waals surface area contributed by atoms with Gasteiger partial charge in [0.1, 0.15) is 0 Å². The van der Waals surface area contributed by atoms with Gasteiger partial charge in [-0.25, -0.2) is 0 Å². The molecule has 0 unspecified atom stereocenters. The first-order chi connectivity index (χ1) is 11.0. The Kier molecular flexibility index (Phi) is 3.83. The van der Waals surface area contributed by atoms with Crippen molar-refractivity contribution >= 4 is 34.8 Å². The summed E-state index contributed by atoms with van der Waals surface area (Å²) in [6.07, 6.45) is 0. The summed E-state index contributed by atoms with van der Waals surface area (Å²) in [5.74, 6) is 0.138. The van der Waals surface area contributed by atoms with Gasteiger partial charge in [-0.15, -0.1) is 0 Å². The van der Waals surface area contributed by atoms with E-state index in [4.69, 9.17) is 12.2 Å². The average molecular weight is 329 g/mol. The smallest absolute Gasteiger partial charge is 0.262 e. The van der Waals surface area contributed by atoms with Gasteiger partial charge >= 0.3 is 0 Å². The molecule has 0 saturated heterocycles. The molecule has 0 saturated carbocycles. The molecule has 2 aromatic heterocycles. The summed E-state index contributed by atoms with van der Waals surface area (Å²) < 4.78 is 1.81. The number of hydrogen-bond acceptors (Lipinski definition) is 4. The molecule has 7 nitrogen and oxygen atoms in total. The number of nitrogens with one attached hydrogen (secondary N) is 3. The van der Waals surface area contributed by atoms with Gasteiger partial charge in [-0.05, 0) is 44.3 Å². The zero-order chi connectivity index (χ0) is 16.6. The zero-order valence-electron chi connectivity index (χ0n) is 12.6. The number of fused-ring (bicyclic) bond motifs is 1. The molecule has 0 fully saturated rings. The van der Waals surface area contributed by atoms with Crippen LogP contribution < -0.4 is 10.9 Å². The largest absolute Gasteiger partial charge is 0.332 e. The lowest BCUT2D eigenvalue weighted by atomic mass is 10.1. The van der Waals surface area contributed by atoms with Crippen LogP contribution in [0.1, 0.15) is 23.0 Å². The fourth-order valence-electron chi connectivity index (χ4n) is 2.35. The molecule has 0 spiro atoms. The van der Waals surface area contributed by atoms with Crippen LogP contribution >= 0.6 is 12.2 Å². The Morgan fingerprint density at radius 3 is 2.83 bits per heavy atom. The van der Waals surface area contributed by atoms with Crippen LogP contribution in [0.3, 0.4) is 0 Å². The van der Waals surface area contributed by atoms with E-state index < -0.39 is 0 Å². The highest BCUT2D eigenvalue weighted by Gasteiger charge is 2.11. The summed E-state index contributed by atoms with van der Waals surface area (Å²) in [5.41, 5.74) is 1.64. The third-order valence-electron chi connectivity index (χ3n) is 3.51. The maximum atomic E-state index is 12.3. The number of carbonyl (C=O) groups excluding carboxylic acids is 1. The Morgan fingerprint density at radius 1 is 1.39 bits per heavy atom. The summed E-state index contributed by atoms with van der Waals surface area (Å²) in [5, 5.41) is 9.90. The molecule has 0 aliphatic heterocycles. The second-order valence-corrected chi connectivity index (χ2v) is 5.52. The predicted octanol–water partition coefficient (Wildman–Crippen LogP) is 2.36. The number of H-pyrrole nitrogens is 2. The average Bonchev–Trinajstić information content (AvgIpc) is 2.92. The van der Waals surface area contributed by atoms with Gasteiger partial charge in [-0.2, -0.15) is 5.10 Å². The molecule has 3 rings (SSSR count). The Morgan fingerprint density at radius 2 is 2.17 bits per heavy atom. The molecule has 0 radical (unpaired) electrons. The summed E-state index contributed by atoms with van der Waals surface area (Å²) in [7, 11) is 0. The van der Waals surface area contributed by atoms with E-state index in [0.717, 1.165) is 5.69 Å². The quantitative estimate of drug-likeness (QED) is 0.643. The van der Waals surface area contributed by atoms with E-state index in [1.165, 1.54) is 4.57 Å². The first kappa shape index (κ1) is 15.2. The van der Waals surface area contributed by atoms with Crippen LogP contribution in [0.4, 0.5) is 5.82 Å². The first-order valence-corrected chi connectivity index (χ1v) is 7.50. The number of aryl methyl sites for hydroxylation is 1. The zero-order valence-corrected chi connectivity index (χ0v) is 13.5. The maximum absolute atomic E-state index is 12.3. The molecule has 23 heavy (non-hydrogen) atoms. The number of carbonyl (C=O) groups is 1. The van der Waals surface area contributed by atoms with Crippen LogP contribution in [0.2, 0.25) is 0 Å². The fourth-order valence-corrected chi connectivity index (χ4v) is 2.68. The highest BCUT2D eigenvalue weighted by Crippen LogP contribution is 2.13. The van der Waals surface area contributed by atoms with Crippen molar-refractivity contribution in [2.24, 2.45) is 0 Å². The van der Waals surface area contributed by atoms with Crippen molar-refractivity contribution in [3.05, 3.63) is 50.6 Å². The van der Waals surface area contributed by atoms with Crippen molar-refractivity contribution in [1.82, 2.24) is 19.7 Å². The molecule has 0 atom stereocenters. The fraction of sp³-hybridized carbons (Fsp3) is 0.200. The van der Waals surface area contributed by atoms with Gasteiger partial charge in [0.15, 0.2) is 10.6 Å². The molecule has 8 heteroatoms. The van der Waals surface area contributed by atoms with Gasteiger partial charge in [0, 0.05) is 23.9 Å². The number of aromatic nitrogens is 4. The van der Waals surface area contributed by atoms with E-state index in [-0.39, 0.29) is 11.5 Å². The summed E-state index contributed by atoms with van der Waals surface area (Å²) in [4.78, 5) is 27.6. The minimum atomic E-state index is -0.308. The second-order valence-electron chi connectivity index (χ2n) is 5.13. The molecule has 1 aromatic carbocycles. The van der Waals surface area contributed by atoms with Gasteiger partial charge < -0.3 is 10.3 Å². The van der Waals surface area contributed by atoms with Crippen molar-refractivity contribution in [2.45, 2.75) is 20.4 Å². The van der Waals surface area contributed by atoms with E-state index >= 15 is 0 Å². The van der Waals surface area contributed by atoms with Crippen LogP contribution in [0.5, 0.6) is 0 Å². The van der Waals surface area contributed by atoms with Crippen LogP contribution in [0.25, 0.3) is 10.9 Å². The molecule has 1 amide bonds. The summed E-state index contributed by atoms with van der Waals surface area (Å²) >= 11 is 5.18. The number of amides is 1. The molecule has 0 aliphatic rings. The number of nitrogens with zero attached hydrogens (tertiary/aromatic N) is 2. The molecular formula is C15H15N5O2S. The number of anilines is 1. The normalized spacial score (nSPS) is 10.9. The van der Waals surface area contributed by atoms with E-state index in [1.54, 1.807) is 24.3 Å². The number of aromatic amines is 2. The highest BCUT2D eigenvalue weighted by atomic mass is 32.1. The van der Waals surface area contributed by atoms with E-state index in [1.807, 2.05) is 13.8 Å². The number of benzene rings is 1. The van der Waals surface area contributed by atoms with Crippen LogP contribution in [-0.2, 0) is 6.54 Å². The lowest BCUT2D eigenvalue weighted by Gasteiger charge is -2.07. The van der Waals surface area contributed by atoms with Crippen molar-refractivity contribution < 1.29 is 4.79 Å². The van der Waals surface area contributed by atoms with Gasteiger partial charge in [-0.1, -0.05) is 0 Å². The minimum Gasteiger partial charge on any atom is -0.332 e. The predicted molar refractivity (Wildman–Crippen MR) is 90.3 cm³/mol. The SMILES string of the molecule is CCn1c(=S)[nH]c2cc(C(=O)Nc3cc(C)[nH]n3)ccc2c1=O. The van der Waals surface area contributed by atoms with E-state index in [9.17, 15) is 9.59 Å². The lowest BCUT2D eigenvalue weighted by Crippen LogP contribution is -2.21. The number of hydrogen-bond donors (Lipinski definition) is 3. The van der Waals surface area contributed by atoms with Crippen molar-refractivity contribution in [2.75, 3.05) is 5.32 Å². The van der Waals surface area contributed by atoms with Gasteiger partial charge in [0.2, 0.25) is 0 Å². The topological polar surface area (TPSA) is 95.6 Å². The molecule has 0 aliphatic carbocycles. The molecular weight excluding hydrogens is 314 g/mol. The molecule has 3 N–H and O–H groups in total. The highest BCUT2D eigenvalue weighted by molar-refractivity contribution is 7.71. The summed E-state index contributed by atoms with van der Waals surface area (Å²) in [6.45, 7) is 4.19. The van der Waals surface area contributed by atoms with Crippen molar-refractivity contribution in [3.63, 3.8) is 0 Å². The third-order valence-corrected chi connectivity index (χ3v) is 3.83. The molecule has 0 bridgehead atoms. The van der Waals surface area contributed by atoms with Crippen molar-refractivity contribution in [3.8, 4) is 0 Å². The van der Waals surface area contributed by atoms with Crippen LogP contribution in [0, 0.1) is 11.7 Å². The first-order valence-electron chi connectivity index (χ1n) is 7.10. The van der Waals surface area contributed by atoms with Crippen LogP contribution in [-0.4, -0.2) is 25.7 Å². The Labute approximate surface area is 136 Å². The maximum Gasteiger partial charge on any atom is 0.262 e. The molecule has 118 valence electrons. The third kappa shape index (κ3) is 2.80. The standard InChI is InChI=1S/C15H15N5O2S/c1-3-20-14(22)10-5-4-9(7-11(10)16-15(20)23)13(21)17-12-6-8(2)18-19-12/h4-7H,3H2,1-2H3,(H,16,23)(H2,17,18,19,21). The van der Waals surface area contributed by atoms with E-state index in [2.05, 4.69) is 20.5 Å². The molecule has 2 heterocycles. The van der Waals surface area contributed by atoms with E-state index in [0.29, 0.717) is 33.6 Å². The van der Waals surface area contributed by atoms with Crippen LogP contribution in [0.15, 0.2) is 29.1 Å². The molecule has 3 aromatic rings. The van der Waals surface area contributed by atoms with Crippen molar-refractivity contribution in [1.29, 1.82) is 0 Å². The number of rotatable bonds is 3. The lowest BCUT2D eigenvalue weighted by molar-refractivity contribution is 0.102. The Balaban J connectivity index is 2.01.